The Morgan fingerprint density at radius 2 is 1.80 bits per heavy atom. The predicted molar refractivity (Wildman–Crippen MR) is 118 cm³/mol. The van der Waals surface area contributed by atoms with Gasteiger partial charge in [-0.1, -0.05) is 18.2 Å². The summed E-state index contributed by atoms with van der Waals surface area (Å²) in [5, 5.41) is 22.6. The van der Waals surface area contributed by atoms with Gasteiger partial charge in [-0.2, -0.15) is 5.26 Å². The summed E-state index contributed by atoms with van der Waals surface area (Å²) in [5.41, 5.74) is 7.44. The lowest BCUT2D eigenvalue weighted by Gasteiger charge is -2.12. The van der Waals surface area contributed by atoms with Gasteiger partial charge in [-0.15, -0.1) is 0 Å². The normalized spacial score (nSPS) is 10.9. The standard InChI is InChI=1S/C24H23N5O/c1-15-12-16(2)23-21(13-15)29(14-20-22(30)9-4-17(3)26-20)24(28-23)27-19-7-5-18(6-8-19)10-11-25/h4-9,12-13,30H,10,14H2,1-3H3,(H,27,28). The maximum absolute atomic E-state index is 10.3. The van der Waals surface area contributed by atoms with Crippen LogP contribution >= 0.6 is 0 Å². The first-order chi connectivity index (χ1) is 14.4. The van der Waals surface area contributed by atoms with Gasteiger partial charge in [-0.05, 0) is 67.8 Å². The average Bonchev–Trinajstić information content (AvgIpc) is 3.04. The van der Waals surface area contributed by atoms with E-state index in [1.165, 1.54) is 0 Å². The second-order valence-electron chi connectivity index (χ2n) is 7.55. The van der Waals surface area contributed by atoms with Crippen molar-refractivity contribution < 1.29 is 5.11 Å². The van der Waals surface area contributed by atoms with Crippen molar-refractivity contribution in [1.29, 1.82) is 5.26 Å². The quantitative estimate of drug-likeness (QED) is 0.499. The van der Waals surface area contributed by atoms with E-state index in [-0.39, 0.29) is 5.75 Å². The lowest BCUT2D eigenvalue weighted by Crippen LogP contribution is -2.07. The second kappa shape index (κ2) is 7.88. The van der Waals surface area contributed by atoms with E-state index in [4.69, 9.17) is 10.2 Å². The van der Waals surface area contributed by atoms with Gasteiger partial charge in [0.15, 0.2) is 0 Å². The van der Waals surface area contributed by atoms with Gasteiger partial charge in [0.25, 0.3) is 0 Å². The number of aryl methyl sites for hydroxylation is 3. The number of hydrogen-bond donors (Lipinski definition) is 2. The molecular weight excluding hydrogens is 374 g/mol. The Labute approximate surface area is 175 Å². The van der Waals surface area contributed by atoms with Crippen LogP contribution in [0.25, 0.3) is 11.0 Å². The number of nitriles is 1. The molecule has 0 aliphatic rings. The number of aromatic nitrogens is 3. The minimum atomic E-state index is 0.165. The van der Waals surface area contributed by atoms with Crippen molar-refractivity contribution in [2.45, 2.75) is 33.7 Å². The second-order valence-corrected chi connectivity index (χ2v) is 7.55. The lowest BCUT2D eigenvalue weighted by molar-refractivity contribution is 0.461. The molecule has 2 N–H and O–H groups in total. The number of anilines is 2. The van der Waals surface area contributed by atoms with Gasteiger partial charge < -0.3 is 15.0 Å². The Balaban J connectivity index is 1.80. The summed E-state index contributed by atoms with van der Waals surface area (Å²) < 4.78 is 2.04. The summed E-state index contributed by atoms with van der Waals surface area (Å²) in [4.78, 5) is 9.37. The van der Waals surface area contributed by atoms with E-state index in [2.05, 4.69) is 42.4 Å². The van der Waals surface area contributed by atoms with Crippen molar-refractivity contribution in [2.75, 3.05) is 5.32 Å². The molecule has 0 radical (unpaired) electrons. The number of imidazole rings is 1. The summed E-state index contributed by atoms with van der Waals surface area (Å²) >= 11 is 0. The van der Waals surface area contributed by atoms with E-state index in [1.54, 1.807) is 12.1 Å². The van der Waals surface area contributed by atoms with Crippen LogP contribution in [0.3, 0.4) is 0 Å². The van der Waals surface area contributed by atoms with Crippen LogP contribution in [0.4, 0.5) is 11.6 Å². The van der Waals surface area contributed by atoms with Crippen molar-refractivity contribution in [3.8, 4) is 11.8 Å². The Kier molecular flexibility index (Phi) is 5.11. The zero-order valence-electron chi connectivity index (χ0n) is 17.3. The Bertz CT molecular complexity index is 1270. The highest BCUT2D eigenvalue weighted by molar-refractivity contribution is 5.83. The summed E-state index contributed by atoms with van der Waals surface area (Å²) in [6, 6.07) is 17.6. The minimum Gasteiger partial charge on any atom is -0.506 e. The summed E-state index contributed by atoms with van der Waals surface area (Å²) in [6.45, 7) is 6.41. The van der Waals surface area contributed by atoms with E-state index in [0.717, 1.165) is 39.1 Å². The zero-order chi connectivity index (χ0) is 21.3. The first-order valence-corrected chi connectivity index (χ1v) is 9.80. The molecule has 0 aliphatic heterocycles. The summed E-state index contributed by atoms with van der Waals surface area (Å²) in [5.74, 6) is 0.841. The largest absolute Gasteiger partial charge is 0.506 e. The van der Waals surface area contributed by atoms with Crippen LogP contribution in [-0.2, 0) is 13.0 Å². The highest BCUT2D eigenvalue weighted by Gasteiger charge is 2.16. The maximum Gasteiger partial charge on any atom is 0.208 e. The Morgan fingerprint density at radius 3 is 2.53 bits per heavy atom. The van der Waals surface area contributed by atoms with Crippen LogP contribution < -0.4 is 5.32 Å². The number of rotatable bonds is 5. The fourth-order valence-electron chi connectivity index (χ4n) is 3.62. The molecule has 30 heavy (non-hydrogen) atoms. The van der Waals surface area contributed by atoms with Gasteiger partial charge in [0.1, 0.15) is 11.4 Å². The summed E-state index contributed by atoms with van der Waals surface area (Å²) in [7, 11) is 0. The highest BCUT2D eigenvalue weighted by Crippen LogP contribution is 2.29. The average molecular weight is 397 g/mol. The van der Waals surface area contributed by atoms with E-state index < -0.39 is 0 Å². The molecule has 0 unspecified atom stereocenters. The number of hydrogen-bond acceptors (Lipinski definition) is 5. The van der Waals surface area contributed by atoms with E-state index >= 15 is 0 Å². The third-order valence-corrected chi connectivity index (χ3v) is 5.08. The fourth-order valence-corrected chi connectivity index (χ4v) is 3.62. The van der Waals surface area contributed by atoms with Gasteiger partial charge in [-0.25, -0.2) is 4.98 Å². The molecule has 0 amide bonds. The molecule has 0 saturated heterocycles. The van der Waals surface area contributed by atoms with Crippen molar-refractivity contribution in [2.24, 2.45) is 0 Å². The molecular formula is C24H23N5O. The van der Waals surface area contributed by atoms with Crippen LogP contribution in [-0.4, -0.2) is 19.6 Å². The SMILES string of the molecule is Cc1cc(C)c2nc(Nc3ccc(CC#N)cc3)n(Cc3nc(C)ccc3O)c2c1. The number of nitrogens with zero attached hydrogens (tertiary/aromatic N) is 4. The molecule has 4 rings (SSSR count). The van der Waals surface area contributed by atoms with Crippen LogP contribution in [0.2, 0.25) is 0 Å². The zero-order valence-corrected chi connectivity index (χ0v) is 17.3. The van der Waals surface area contributed by atoms with Crippen molar-refractivity contribution in [3.05, 3.63) is 76.6 Å². The maximum atomic E-state index is 10.3. The molecule has 0 atom stereocenters. The van der Waals surface area contributed by atoms with Gasteiger partial charge in [-0.3, -0.25) is 4.98 Å². The number of benzene rings is 2. The lowest BCUT2D eigenvalue weighted by atomic mass is 10.1. The Morgan fingerprint density at radius 1 is 1.03 bits per heavy atom. The molecule has 2 heterocycles. The first kappa shape index (κ1) is 19.5. The van der Waals surface area contributed by atoms with Crippen molar-refractivity contribution in [3.63, 3.8) is 0 Å². The molecule has 0 bridgehead atoms. The summed E-state index contributed by atoms with van der Waals surface area (Å²) in [6.07, 6.45) is 0.384. The van der Waals surface area contributed by atoms with Gasteiger partial charge >= 0.3 is 0 Å². The topological polar surface area (TPSA) is 86.8 Å². The molecule has 150 valence electrons. The highest BCUT2D eigenvalue weighted by atomic mass is 16.3. The minimum absolute atomic E-state index is 0.165. The third-order valence-electron chi connectivity index (χ3n) is 5.08. The fraction of sp³-hybridized carbons (Fsp3) is 0.208. The third kappa shape index (κ3) is 3.83. The molecule has 4 aromatic rings. The molecule has 0 aliphatic carbocycles. The van der Waals surface area contributed by atoms with E-state index in [1.807, 2.05) is 35.8 Å². The number of pyridine rings is 1. The van der Waals surface area contributed by atoms with Gasteiger partial charge in [0, 0.05) is 11.4 Å². The van der Waals surface area contributed by atoms with Crippen LogP contribution in [0.5, 0.6) is 5.75 Å². The van der Waals surface area contributed by atoms with Crippen LogP contribution in [0, 0.1) is 32.1 Å². The molecule has 0 spiro atoms. The Hall–Kier alpha value is -3.85. The van der Waals surface area contributed by atoms with Crippen LogP contribution in [0.1, 0.15) is 28.1 Å². The van der Waals surface area contributed by atoms with Gasteiger partial charge in [0.05, 0.1) is 30.1 Å². The van der Waals surface area contributed by atoms with Crippen molar-refractivity contribution in [1.82, 2.24) is 14.5 Å². The molecule has 0 fully saturated rings. The molecule has 2 aromatic carbocycles. The number of aromatic hydroxyl groups is 1. The monoisotopic (exact) mass is 397 g/mol. The van der Waals surface area contributed by atoms with Gasteiger partial charge in [0.2, 0.25) is 5.95 Å². The molecule has 6 heteroatoms. The van der Waals surface area contributed by atoms with Crippen molar-refractivity contribution >= 4 is 22.7 Å². The van der Waals surface area contributed by atoms with E-state index in [9.17, 15) is 5.11 Å². The first-order valence-electron chi connectivity index (χ1n) is 9.80. The number of nitrogens with one attached hydrogen (secondary N) is 1. The molecule has 0 saturated carbocycles. The molecule has 2 aromatic heterocycles. The molecule has 6 nitrogen and oxygen atoms in total. The number of fused-ring (bicyclic) bond motifs is 1. The van der Waals surface area contributed by atoms with Crippen LogP contribution in [0.15, 0.2) is 48.5 Å². The smallest absolute Gasteiger partial charge is 0.208 e. The predicted octanol–water partition coefficient (Wildman–Crippen LogP) is 4.92. The van der Waals surface area contributed by atoms with E-state index in [0.29, 0.717) is 24.6 Å².